The van der Waals surface area contributed by atoms with E-state index >= 15 is 0 Å². The first-order valence-corrected chi connectivity index (χ1v) is 5.87. The van der Waals surface area contributed by atoms with Crippen molar-refractivity contribution in [2.75, 3.05) is 0 Å². The Labute approximate surface area is 60.0 Å². The molecule has 0 atom stereocenters. The van der Waals surface area contributed by atoms with Gasteiger partial charge < -0.3 is 24.6 Å². The molecule has 0 fully saturated rings. The first-order valence-electron chi connectivity index (χ1n) is 0.239. The minimum absolute atomic E-state index is 0. The van der Waals surface area contributed by atoms with Gasteiger partial charge in [-0.15, -0.1) is 0 Å². The van der Waals surface area contributed by atoms with E-state index in [2.05, 4.69) is 0 Å². The van der Waals surface area contributed by atoms with Crippen molar-refractivity contribution in [2.45, 2.75) is 0 Å². The molecule has 0 spiro atoms. The maximum absolute atomic E-state index is 4.88. The molecule has 0 bridgehead atoms. The van der Waals surface area contributed by atoms with Crippen molar-refractivity contribution < 1.29 is 16.5 Å². The van der Waals surface area contributed by atoms with E-state index in [0.717, 1.165) is 0 Å². The smallest absolute Gasteiger partial charge is 0.693 e. The van der Waals surface area contributed by atoms with E-state index in [1.54, 1.807) is 0 Å². The van der Waals surface area contributed by atoms with Crippen molar-refractivity contribution in [1.82, 2.24) is 12.3 Å². The molecule has 0 aliphatic carbocycles. The van der Waals surface area contributed by atoms with Crippen LogP contribution >= 0.6 is 18.8 Å². The van der Waals surface area contributed by atoms with Crippen molar-refractivity contribution in [1.29, 1.82) is 0 Å². The molecule has 0 aromatic heterocycles. The predicted molar refractivity (Wildman–Crippen MR) is 32.3 cm³/mol. The topological polar surface area (TPSA) is 137 Å². The van der Waals surface area contributed by atoms with Gasteiger partial charge in [0.1, 0.15) is 0 Å². The van der Waals surface area contributed by atoms with Crippen molar-refractivity contribution in [2.24, 2.45) is 0 Å². The van der Waals surface area contributed by atoms with E-state index < -0.39 is 16.5 Å². The summed E-state index contributed by atoms with van der Waals surface area (Å²) in [6.45, 7) is 0. The average Bonchev–Trinajstić information content (AvgIpc) is 0.918. The Morgan fingerprint density at radius 3 is 0.857 bits per heavy atom. The van der Waals surface area contributed by atoms with Crippen LogP contribution in [0.25, 0.3) is 12.3 Å². The zero-order valence-corrected chi connectivity index (χ0v) is 7.43. The van der Waals surface area contributed by atoms with Crippen molar-refractivity contribution >= 4 is 18.8 Å². The Balaban J connectivity index is -0.00000000333. The van der Waals surface area contributed by atoms with Gasteiger partial charge in [-0.2, -0.15) is 0 Å². The van der Waals surface area contributed by atoms with E-state index in [4.69, 9.17) is 18.8 Å². The van der Waals surface area contributed by atoms with Gasteiger partial charge in [0.15, 0.2) is 0 Å². The third-order valence-electron chi connectivity index (χ3n) is 0. The zero-order chi connectivity index (χ0) is 2.71. The van der Waals surface area contributed by atoms with Crippen LogP contribution in [0, 0.1) is 0 Å². The minimum atomic E-state index is -0.472. The molecule has 4 nitrogen and oxygen atoms in total. The maximum atomic E-state index is 4.88. The third kappa shape index (κ3) is 151. The molecule has 10 N–H and O–H groups in total. The molecule has 0 radical (unpaired) electrons. The molecule has 0 saturated carbocycles. The summed E-state index contributed by atoms with van der Waals surface area (Å²) in [5.74, 6) is 0. The Bertz CT molecular complexity index is 9.65. The summed E-state index contributed by atoms with van der Waals surface area (Å²) in [5, 5.41) is 0. The number of rotatable bonds is 0. The van der Waals surface area contributed by atoms with E-state index in [0.29, 0.717) is 0 Å². The summed E-state index contributed by atoms with van der Waals surface area (Å²) < 4.78 is 0. The fourth-order valence-electron chi connectivity index (χ4n) is 0. The van der Waals surface area contributed by atoms with Crippen molar-refractivity contribution in [3.63, 3.8) is 0 Å². The zero-order valence-electron chi connectivity index (χ0n) is 3.64. The van der Waals surface area contributed by atoms with Crippen LogP contribution in [0.15, 0.2) is 0 Å². The van der Waals surface area contributed by atoms with Crippen LogP contribution < -0.4 is 12.3 Å². The van der Waals surface area contributed by atoms with E-state index in [1.807, 2.05) is 0 Å². The Kier molecular flexibility index (Phi) is 361. The molecule has 0 aliphatic rings. The largest absolute Gasteiger partial charge is 0.693 e. The Hall–Kier alpha value is 1.11. The SMILES string of the molecule is N.N.[Cl][Pt+2][Cl].[NH2-].[NH2-]. The molecule has 0 aromatic rings. The third-order valence-corrected chi connectivity index (χ3v) is 0. The van der Waals surface area contributed by atoms with Gasteiger partial charge in [-0.1, -0.05) is 0 Å². The molecule has 0 aromatic carbocycles. The van der Waals surface area contributed by atoms with Crippen LogP contribution in [0.5, 0.6) is 0 Å². The maximum Gasteiger partial charge on any atom is -0.693 e. The van der Waals surface area contributed by atoms with Gasteiger partial charge in [0.2, 0.25) is 0 Å². The molecule has 0 rings (SSSR count). The Morgan fingerprint density at radius 1 is 0.857 bits per heavy atom. The number of hydrogen-bond donors (Lipinski definition) is 2. The molecule has 0 unspecified atom stereocenters. The molecule has 0 aliphatic heterocycles. The molecular formula is H10Cl2N4Pt. The van der Waals surface area contributed by atoms with Crippen molar-refractivity contribution in [3.8, 4) is 0 Å². The van der Waals surface area contributed by atoms with Gasteiger partial charge in [0.05, 0.1) is 0 Å². The monoisotopic (exact) mass is 331 g/mol. The molecule has 0 saturated heterocycles. The summed E-state index contributed by atoms with van der Waals surface area (Å²) in [5.41, 5.74) is 0. The summed E-state index contributed by atoms with van der Waals surface area (Å²) in [6, 6.07) is 0. The molecular weight excluding hydrogens is 322 g/mol. The van der Waals surface area contributed by atoms with Crippen LogP contribution in [-0.4, -0.2) is 0 Å². The van der Waals surface area contributed by atoms with Crippen LogP contribution in [0.2, 0.25) is 0 Å². The summed E-state index contributed by atoms with van der Waals surface area (Å²) >= 11 is -0.472. The summed E-state index contributed by atoms with van der Waals surface area (Å²) in [4.78, 5) is 0. The standard InChI is InChI=1S/2ClH.2H3N.2H2N.Pt/h2*1H;2*1H3;2*1H2;/q;;;;2*-1;+4/p-2. The van der Waals surface area contributed by atoms with E-state index in [1.165, 1.54) is 0 Å². The summed E-state index contributed by atoms with van der Waals surface area (Å²) in [7, 11) is 9.75. The van der Waals surface area contributed by atoms with Gasteiger partial charge >= 0.3 is 35.3 Å². The molecule has 0 amide bonds. The van der Waals surface area contributed by atoms with Crippen LogP contribution in [0.4, 0.5) is 0 Å². The molecule has 0 heterocycles. The second kappa shape index (κ2) is 59.7. The molecule has 7 heteroatoms. The van der Waals surface area contributed by atoms with Crippen LogP contribution in [-0.2, 0) is 16.5 Å². The first kappa shape index (κ1) is 42.4. The minimum Gasteiger partial charge on any atom is -0.693 e. The number of halogens is 2. The second-order valence-electron chi connectivity index (χ2n) is 0.0452. The van der Waals surface area contributed by atoms with Crippen molar-refractivity contribution in [3.05, 3.63) is 12.3 Å². The van der Waals surface area contributed by atoms with E-state index in [9.17, 15) is 0 Å². The fourth-order valence-corrected chi connectivity index (χ4v) is 0. The van der Waals surface area contributed by atoms with Crippen LogP contribution in [0.1, 0.15) is 0 Å². The normalized spacial score (nSPS) is 3.14. The van der Waals surface area contributed by atoms with Gasteiger partial charge in [0.25, 0.3) is 0 Å². The predicted octanol–water partition coefficient (Wildman–Crippen LogP) is 3.13. The van der Waals surface area contributed by atoms with Crippen LogP contribution in [0.3, 0.4) is 0 Å². The quantitative estimate of drug-likeness (QED) is 0.704. The first-order chi connectivity index (χ1) is 1.41. The Morgan fingerprint density at radius 2 is 0.857 bits per heavy atom. The second-order valence-corrected chi connectivity index (χ2v) is 3.33. The van der Waals surface area contributed by atoms with Gasteiger partial charge in [-0.25, -0.2) is 0 Å². The average molecular weight is 332 g/mol. The van der Waals surface area contributed by atoms with E-state index in [-0.39, 0.29) is 24.6 Å². The number of hydrogen-bond acceptors (Lipinski definition) is 2. The van der Waals surface area contributed by atoms with Gasteiger partial charge in [-0.05, 0) is 0 Å². The van der Waals surface area contributed by atoms with Gasteiger partial charge in [0, 0.05) is 0 Å². The number of nitrogens with two attached hydrogens (primary N) is 2. The van der Waals surface area contributed by atoms with Gasteiger partial charge in [-0.3, -0.25) is 0 Å². The fraction of sp³-hybridized carbons (Fsp3) is 0. The summed E-state index contributed by atoms with van der Waals surface area (Å²) in [6.07, 6.45) is 0. The molecule has 54 valence electrons. The molecule has 7 heavy (non-hydrogen) atoms.